The first-order chi connectivity index (χ1) is 14.6. The van der Waals surface area contributed by atoms with Crippen LogP contribution in [0, 0.1) is 11.3 Å². The minimum Gasteiger partial charge on any atom is -0.387 e. The van der Waals surface area contributed by atoms with Crippen molar-refractivity contribution >= 4 is 5.91 Å². The number of nitriles is 1. The van der Waals surface area contributed by atoms with Crippen molar-refractivity contribution in [2.45, 2.75) is 103 Å². The van der Waals surface area contributed by atoms with Gasteiger partial charge in [-0.1, -0.05) is 88.1 Å². The summed E-state index contributed by atoms with van der Waals surface area (Å²) in [5.41, 5.74) is 1.27. The minimum absolute atomic E-state index is 0.0239. The summed E-state index contributed by atoms with van der Waals surface area (Å²) in [5.74, 6) is -0.197. The zero-order chi connectivity index (χ0) is 21.6. The molecule has 1 aromatic carbocycles. The summed E-state index contributed by atoms with van der Waals surface area (Å²) >= 11 is 0. The van der Waals surface area contributed by atoms with E-state index >= 15 is 0 Å². The number of carbonyl (C=O) groups excluding carboxylic acids is 1. The molecule has 1 aromatic rings. The van der Waals surface area contributed by atoms with Crippen LogP contribution in [-0.4, -0.2) is 22.9 Å². The Labute approximate surface area is 183 Å². The maximum atomic E-state index is 13.1. The lowest BCUT2D eigenvalue weighted by Crippen LogP contribution is -2.38. The van der Waals surface area contributed by atoms with Crippen LogP contribution in [0.1, 0.15) is 90.0 Å². The van der Waals surface area contributed by atoms with Crippen LogP contribution in [0.2, 0.25) is 0 Å². The van der Waals surface area contributed by atoms with Crippen molar-refractivity contribution < 1.29 is 4.79 Å². The Morgan fingerprint density at radius 2 is 1.57 bits per heavy atom. The van der Waals surface area contributed by atoms with E-state index < -0.39 is 0 Å². The molecule has 0 radical (unpaired) electrons. The van der Waals surface area contributed by atoms with E-state index in [0.29, 0.717) is 12.6 Å². The van der Waals surface area contributed by atoms with Crippen molar-refractivity contribution in [3.05, 3.63) is 47.7 Å². The van der Waals surface area contributed by atoms with E-state index in [1.165, 1.54) is 57.8 Å². The van der Waals surface area contributed by atoms with Crippen molar-refractivity contribution in [2.75, 3.05) is 0 Å². The van der Waals surface area contributed by atoms with Gasteiger partial charge in [0.25, 0.3) is 5.91 Å². The van der Waals surface area contributed by atoms with Crippen molar-refractivity contribution in [3.8, 4) is 6.07 Å². The summed E-state index contributed by atoms with van der Waals surface area (Å²) in [7, 11) is 0. The highest BCUT2D eigenvalue weighted by molar-refractivity contribution is 5.97. The first-order valence-corrected chi connectivity index (χ1v) is 11.8. The predicted molar refractivity (Wildman–Crippen MR) is 124 cm³/mol. The second kappa shape index (κ2) is 13.9. The van der Waals surface area contributed by atoms with Gasteiger partial charge in [-0.3, -0.25) is 4.79 Å². The van der Waals surface area contributed by atoms with Gasteiger partial charge in [0.2, 0.25) is 0 Å². The number of nitrogens with one attached hydrogen (secondary N) is 1. The van der Waals surface area contributed by atoms with Crippen LogP contribution < -0.4 is 5.32 Å². The number of hydrogen-bond acceptors (Lipinski definition) is 3. The smallest absolute Gasteiger partial charge is 0.266 e. The van der Waals surface area contributed by atoms with Crippen molar-refractivity contribution in [1.29, 1.82) is 5.26 Å². The Bertz CT molecular complexity index is 678. The summed E-state index contributed by atoms with van der Waals surface area (Å²) < 4.78 is 0. The highest BCUT2D eigenvalue weighted by Gasteiger charge is 2.21. The molecule has 0 heterocycles. The third kappa shape index (κ3) is 8.61. The molecule has 0 spiro atoms. The van der Waals surface area contributed by atoms with Crippen molar-refractivity contribution in [1.82, 2.24) is 10.2 Å². The molecule has 1 amide bonds. The molecule has 1 aliphatic carbocycles. The summed E-state index contributed by atoms with van der Waals surface area (Å²) in [6, 6.07) is 12.5. The summed E-state index contributed by atoms with van der Waals surface area (Å²) in [4.78, 5) is 14.9. The molecule has 0 atom stereocenters. The van der Waals surface area contributed by atoms with Crippen LogP contribution in [0.5, 0.6) is 0 Å². The molecule has 2 rings (SSSR count). The lowest BCUT2D eigenvalue weighted by Gasteiger charge is -2.27. The largest absolute Gasteiger partial charge is 0.387 e. The second-order valence-electron chi connectivity index (χ2n) is 8.81. The Morgan fingerprint density at radius 3 is 2.07 bits per heavy atom. The van der Waals surface area contributed by atoms with Gasteiger partial charge in [-0.25, -0.2) is 0 Å². The normalized spacial score (nSPS) is 17.5. The van der Waals surface area contributed by atoms with Gasteiger partial charge < -0.3 is 10.2 Å². The number of nitrogens with zero attached hydrogens (tertiary/aromatic N) is 2. The van der Waals surface area contributed by atoms with Gasteiger partial charge in [-0.15, -0.1) is 0 Å². The Balaban J connectivity index is 2.01. The van der Waals surface area contributed by atoms with Gasteiger partial charge in [0.05, 0.1) is 0 Å². The highest BCUT2D eigenvalue weighted by Crippen LogP contribution is 2.18. The van der Waals surface area contributed by atoms with Gasteiger partial charge in [0.15, 0.2) is 0 Å². The molecule has 1 aliphatic rings. The van der Waals surface area contributed by atoms with E-state index in [2.05, 4.69) is 11.4 Å². The maximum absolute atomic E-state index is 13.1. The van der Waals surface area contributed by atoms with Gasteiger partial charge in [0.1, 0.15) is 11.6 Å². The van der Waals surface area contributed by atoms with Crippen LogP contribution in [0.3, 0.4) is 0 Å². The summed E-state index contributed by atoms with van der Waals surface area (Å²) in [5, 5.41) is 13.1. The molecule has 1 N–H and O–H groups in total. The average Bonchev–Trinajstić information content (AvgIpc) is 2.74. The van der Waals surface area contributed by atoms with E-state index in [1.807, 2.05) is 44.2 Å². The molecule has 164 valence electrons. The highest BCUT2D eigenvalue weighted by atomic mass is 16.2. The monoisotopic (exact) mass is 409 g/mol. The fourth-order valence-corrected chi connectivity index (χ4v) is 4.10. The standard InChI is InChI=1S/C26H39N3O/c1-22(2)29(21-23-15-11-10-12-16-23)26(30)24(19-27)20-28-25-17-13-8-6-4-3-5-7-9-14-18-25/h10-12,15-16,20,22,25,28H,3-9,13-14,17-18,21H2,1-2H3/b24-20-. The van der Waals surface area contributed by atoms with Gasteiger partial charge in [-0.2, -0.15) is 5.26 Å². The molecule has 0 unspecified atom stereocenters. The van der Waals surface area contributed by atoms with E-state index in [1.54, 1.807) is 11.1 Å². The molecule has 0 saturated heterocycles. The van der Waals surface area contributed by atoms with Gasteiger partial charge in [-0.05, 0) is 32.3 Å². The topological polar surface area (TPSA) is 56.1 Å². The second-order valence-corrected chi connectivity index (χ2v) is 8.81. The lowest BCUT2D eigenvalue weighted by molar-refractivity contribution is -0.129. The van der Waals surface area contributed by atoms with E-state index in [0.717, 1.165) is 18.4 Å². The number of carbonyl (C=O) groups is 1. The molecule has 1 saturated carbocycles. The number of amides is 1. The summed E-state index contributed by atoms with van der Waals surface area (Å²) in [6.07, 6.45) is 15.7. The number of benzene rings is 1. The number of hydrogen-bond donors (Lipinski definition) is 1. The van der Waals surface area contributed by atoms with Crippen molar-refractivity contribution in [3.63, 3.8) is 0 Å². The van der Waals surface area contributed by atoms with Crippen molar-refractivity contribution in [2.24, 2.45) is 0 Å². The predicted octanol–water partition coefficient (Wildman–Crippen LogP) is 6.09. The van der Waals surface area contributed by atoms with E-state index in [4.69, 9.17) is 0 Å². The quantitative estimate of drug-likeness (QED) is 0.456. The molecule has 1 fully saturated rings. The third-order valence-electron chi connectivity index (χ3n) is 6.00. The molecule has 0 bridgehead atoms. The van der Waals surface area contributed by atoms with Crippen LogP contribution in [-0.2, 0) is 11.3 Å². The maximum Gasteiger partial charge on any atom is 0.266 e. The molecule has 4 nitrogen and oxygen atoms in total. The fraction of sp³-hybridized carbons (Fsp3) is 0.615. The zero-order valence-corrected chi connectivity index (χ0v) is 18.9. The first kappa shape index (κ1) is 24.0. The summed E-state index contributed by atoms with van der Waals surface area (Å²) in [6.45, 7) is 4.51. The molecular weight excluding hydrogens is 370 g/mol. The Kier molecular flexibility index (Phi) is 11.1. The van der Waals surface area contributed by atoms with E-state index in [9.17, 15) is 10.1 Å². The fourth-order valence-electron chi connectivity index (χ4n) is 4.10. The van der Waals surface area contributed by atoms with Crippen LogP contribution in [0.25, 0.3) is 0 Å². The molecule has 0 aliphatic heterocycles. The first-order valence-electron chi connectivity index (χ1n) is 11.8. The SMILES string of the molecule is CC(C)N(Cc1ccccc1)C(=O)/C(C#N)=C\NC1CCCCCCCCCCC1. The van der Waals surface area contributed by atoms with Crippen LogP contribution in [0.4, 0.5) is 0 Å². The Morgan fingerprint density at radius 1 is 1.03 bits per heavy atom. The minimum atomic E-state index is -0.197. The van der Waals surface area contributed by atoms with Gasteiger partial charge >= 0.3 is 0 Å². The van der Waals surface area contributed by atoms with Crippen LogP contribution in [0.15, 0.2) is 42.1 Å². The zero-order valence-electron chi connectivity index (χ0n) is 18.9. The third-order valence-corrected chi connectivity index (χ3v) is 6.00. The molecule has 30 heavy (non-hydrogen) atoms. The lowest BCUT2D eigenvalue weighted by atomic mass is 9.98. The van der Waals surface area contributed by atoms with Gasteiger partial charge in [0, 0.05) is 24.8 Å². The van der Waals surface area contributed by atoms with E-state index in [-0.39, 0.29) is 17.5 Å². The number of rotatable bonds is 6. The molecular formula is C26H39N3O. The molecule has 4 heteroatoms. The Hall–Kier alpha value is -2.28. The molecule has 0 aromatic heterocycles. The average molecular weight is 410 g/mol. The van der Waals surface area contributed by atoms with Crippen LogP contribution >= 0.6 is 0 Å².